The minimum Gasteiger partial charge on any atom is -0.447 e. The number of ether oxygens (including phenoxy) is 1. The van der Waals surface area contributed by atoms with E-state index >= 15 is 0 Å². The molecule has 166 valence electrons. The van der Waals surface area contributed by atoms with Gasteiger partial charge in [-0.1, -0.05) is 81.4 Å². The molecule has 4 rings (SSSR count). The van der Waals surface area contributed by atoms with Crippen LogP contribution in [0.15, 0.2) is 72.9 Å². The lowest BCUT2D eigenvalue weighted by atomic mass is 10.2. The van der Waals surface area contributed by atoms with Gasteiger partial charge in [-0.2, -0.15) is 9.37 Å². The summed E-state index contributed by atoms with van der Waals surface area (Å²) >= 11 is 0. The van der Waals surface area contributed by atoms with E-state index in [2.05, 4.69) is 55.0 Å². The quantitative estimate of drug-likeness (QED) is 0.424. The van der Waals surface area contributed by atoms with Gasteiger partial charge in [0.1, 0.15) is 12.4 Å². The van der Waals surface area contributed by atoms with Crippen molar-refractivity contribution in [1.82, 2.24) is 9.97 Å². The van der Waals surface area contributed by atoms with Crippen molar-refractivity contribution in [2.75, 3.05) is 18.1 Å². The third-order valence-corrected chi connectivity index (χ3v) is 10.7. The predicted octanol–water partition coefficient (Wildman–Crippen LogP) is 3.52. The van der Waals surface area contributed by atoms with Crippen LogP contribution in [0.4, 0.5) is 15.0 Å². The first-order chi connectivity index (χ1) is 15.3. The SMILES string of the molecule is CC(C)(C)[Si](OCC1COC(=O)N1c1ccnc(F)n1)(c1ccccc1)c1ccccc1. The number of carbonyl (C=O) groups excluding carboxylic acids is 1. The van der Waals surface area contributed by atoms with E-state index in [0.29, 0.717) is 0 Å². The summed E-state index contributed by atoms with van der Waals surface area (Å²) in [7, 11) is -2.78. The molecule has 1 aromatic heterocycles. The highest BCUT2D eigenvalue weighted by Gasteiger charge is 2.51. The molecular weight excluding hydrogens is 425 g/mol. The highest BCUT2D eigenvalue weighted by molar-refractivity contribution is 6.99. The Morgan fingerprint density at radius 1 is 1.06 bits per heavy atom. The van der Waals surface area contributed by atoms with Crippen molar-refractivity contribution in [2.45, 2.75) is 31.9 Å². The molecule has 1 aliphatic rings. The molecule has 32 heavy (non-hydrogen) atoms. The Bertz CT molecular complexity index is 1040. The van der Waals surface area contributed by atoms with Gasteiger partial charge < -0.3 is 9.16 Å². The van der Waals surface area contributed by atoms with Gasteiger partial charge in [0.25, 0.3) is 8.32 Å². The van der Waals surface area contributed by atoms with Crippen molar-refractivity contribution in [1.29, 1.82) is 0 Å². The Morgan fingerprint density at radius 3 is 2.19 bits per heavy atom. The minimum atomic E-state index is -2.78. The van der Waals surface area contributed by atoms with E-state index in [4.69, 9.17) is 9.16 Å². The molecule has 1 saturated heterocycles. The van der Waals surface area contributed by atoms with Gasteiger partial charge in [0.15, 0.2) is 0 Å². The summed E-state index contributed by atoms with van der Waals surface area (Å²) in [5, 5.41) is 2.08. The lowest BCUT2D eigenvalue weighted by Gasteiger charge is -2.43. The number of anilines is 1. The van der Waals surface area contributed by atoms with Gasteiger partial charge in [0, 0.05) is 6.20 Å². The van der Waals surface area contributed by atoms with Gasteiger partial charge >= 0.3 is 12.2 Å². The summed E-state index contributed by atoms with van der Waals surface area (Å²) in [6.07, 6.45) is -0.184. The third-order valence-electron chi connectivity index (χ3n) is 5.73. The summed E-state index contributed by atoms with van der Waals surface area (Å²) in [4.78, 5) is 21.0. The van der Waals surface area contributed by atoms with Crippen LogP contribution in [0.1, 0.15) is 20.8 Å². The first-order valence-electron chi connectivity index (χ1n) is 10.5. The third kappa shape index (κ3) is 4.03. The zero-order valence-electron chi connectivity index (χ0n) is 18.4. The first kappa shape index (κ1) is 22.1. The van der Waals surface area contributed by atoms with E-state index < -0.39 is 26.5 Å². The van der Waals surface area contributed by atoms with Gasteiger partial charge in [0.2, 0.25) is 0 Å². The number of carbonyl (C=O) groups is 1. The van der Waals surface area contributed by atoms with Gasteiger partial charge in [-0.3, -0.25) is 4.90 Å². The van der Waals surface area contributed by atoms with E-state index in [-0.39, 0.29) is 24.1 Å². The molecule has 2 heterocycles. The van der Waals surface area contributed by atoms with Crippen LogP contribution in [0, 0.1) is 6.08 Å². The summed E-state index contributed by atoms with van der Waals surface area (Å²) in [6, 6.07) is 21.6. The number of aromatic nitrogens is 2. The number of hydrogen-bond donors (Lipinski definition) is 0. The lowest BCUT2D eigenvalue weighted by Crippen LogP contribution is -2.67. The fourth-order valence-electron chi connectivity index (χ4n) is 4.31. The van der Waals surface area contributed by atoms with Crippen LogP contribution in [0.25, 0.3) is 0 Å². The molecule has 1 fully saturated rings. The number of nitrogens with zero attached hydrogens (tertiary/aromatic N) is 3. The van der Waals surface area contributed by atoms with Gasteiger partial charge in [-0.05, 0) is 21.5 Å². The normalized spacial score (nSPS) is 16.8. The number of hydrogen-bond acceptors (Lipinski definition) is 5. The predicted molar refractivity (Wildman–Crippen MR) is 123 cm³/mol. The van der Waals surface area contributed by atoms with Crippen LogP contribution >= 0.6 is 0 Å². The van der Waals surface area contributed by atoms with Crippen LogP contribution in [-0.4, -0.2) is 43.6 Å². The van der Waals surface area contributed by atoms with Crippen molar-refractivity contribution in [3.8, 4) is 0 Å². The molecule has 0 saturated carbocycles. The van der Waals surface area contributed by atoms with Gasteiger partial charge in [0.05, 0.1) is 12.6 Å². The summed E-state index contributed by atoms with van der Waals surface area (Å²) in [6.45, 7) is 6.93. The minimum absolute atomic E-state index is 0.142. The Balaban J connectivity index is 1.73. The standard InChI is InChI=1S/C24H26FN3O3Si/c1-24(2,3)32(19-10-6-4-7-11-19,20-12-8-5-9-13-20)31-17-18-16-30-23(29)28(18)21-14-15-26-22(25)27-21/h4-15,18H,16-17H2,1-3H3. The molecule has 0 bridgehead atoms. The molecule has 8 heteroatoms. The second-order valence-corrected chi connectivity index (χ2v) is 13.1. The largest absolute Gasteiger partial charge is 0.447 e. The fraction of sp³-hybridized carbons (Fsp3) is 0.292. The molecule has 1 amide bonds. The monoisotopic (exact) mass is 451 g/mol. The number of amides is 1. The van der Waals surface area contributed by atoms with Crippen LogP contribution in [0.5, 0.6) is 0 Å². The molecule has 0 spiro atoms. The maximum absolute atomic E-state index is 13.6. The molecule has 1 aliphatic heterocycles. The second kappa shape index (κ2) is 8.80. The van der Waals surface area contributed by atoms with Crippen molar-refractivity contribution in [3.63, 3.8) is 0 Å². The number of rotatable bonds is 6. The molecule has 2 aromatic carbocycles. The topological polar surface area (TPSA) is 64.6 Å². The van der Waals surface area contributed by atoms with Crippen LogP contribution in [0.2, 0.25) is 5.04 Å². The molecular formula is C24H26FN3O3Si. The zero-order chi connectivity index (χ0) is 22.8. The average molecular weight is 452 g/mol. The molecule has 1 atom stereocenters. The fourth-order valence-corrected chi connectivity index (χ4v) is 8.90. The van der Waals surface area contributed by atoms with E-state index in [0.717, 1.165) is 10.4 Å². The van der Waals surface area contributed by atoms with Crippen molar-refractivity contribution in [2.24, 2.45) is 0 Å². The Kier molecular flexibility index (Phi) is 6.08. The molecule has 0 N–H and O–H groups in total. The average Bonchev–Trinajstić information content (AvgIpc) is 3.15. The Hall–Kier alpha value is -3.10. The zero-order valence-corrected chi connectivity index (χ0v) is 19.4. The molecule has 0 radical (unpaired) electrons. The summed E-state index contributed by atoms with van der Waals surface area (Å²) < 4.78 is 25.8. The lowest BCUT2D eigenvalue weighted by molar-refractivity contribution is 0.174. The van der Waals surface area contributed by atoms with Gasteiger partial charge in [-0.15, -0.1) is 0 Å². The van der Waals surface area contributed by atoms with Gasteiger partial charge in [-0.25, -0.2) is 9.78 Å². The molecule has 3 aromatic rings. The van der Waals surface area contributed by atoms with Crippen molar-refractivity contribution in [3.05, 3.63) is 79.0 Å². The number of cyclic esters (lactones) is 1. The van der Waals surface area contributed by atoms with E-state index in [1.165, 1.54) is 17.2 Å². The number of halogens is 1. The maximum atomic E-state index is 13.6. The summed E-state index contributed by atoms with van der Waals surface area (Å²) in [5.41, 5.74) is 0. The van der Waals surface area contributed by atoms with E-state index in [1.54, 1.807) is 0 Å². The van der Waals surface area contributed by atoms with Crippen molar-refractivity contribution >= 4 is 30.6 Å². The Labute approximate surface area is 188 Å². The summed E-state index contributed by atoms with van der Waals surface area (Å²) in [5.74, 6) is 0.163. The highest BCUT2D eigenvalue weighted by Crippen LogP contribution is 2.37. The van der Waals surface area contributed by atoms with Crippen LogP contribution in [-0.2, 0) is 9.16 Å². The maximum Gasteiger partial charge on any atom is 0.416 e. The number of benzene rings is 2. The van der Waals surface area contributed by atoms with Crippen LogP contribution < -0.4 is 15.3 Å². The smallest absolute Gasteiger partial charge is 0.416 e. The first-order valence-corrected chi connectivity index (χ1v) is 12.4. The molecule has 0 aliphatic carbocycles. The second-order valence-electron chi connectivity index (χ2n) is 8.76. The molecule has 6 nitrogen and oxygen atoms in total. The Morgan fingerprint density at radius 2 is 1.66 bits per heavy atom. The van der Waals surface area contributed by atoms with E-state index in [9.17, 15) is 9.18 Å². The van der Waals surface area contributed by atoms with Crippen molar-refractivity contribution < 1.29 is 18.3 Å². The van der Waals surface area contributed by atoms with E-state index in [1.807, 2.05) is 36.4 Å². The molecule has 1 unspecified atom stereocenters. The highest BCUT2D eigenvalue weighted by atomic mass is 28.4. The van der Waals surface area contributed by atoms with Crippen LogP contribution in [0.3, 0.4) is 0 Å².